The van der Waals surface area contributed by atoms with E-state index in [1.807, 2.05) is 0 Å². The maximum atomic E-state index is 12.2. The molecule has 0 heterocycles. The second-order valence-corrected chi connectivity index (χ2v) is 5.97. The number of carboxylic acids is 1. The van der Waals surface area contributed by atoms with Gasteiger partial charge in [-0.25, -0.2) is 18.4 Å². The van der Waals surface area contributed by atoms with E-state index in [0.29, 0.717) is 0 Å². The molecule has 1 atom stereocenters. The molecule has 9 heteroatoms. The molecule has 0 aromatic heterocycles. The van der Waals surface area contributed by atoms with E-state index in [9.17, 15) is 18.4 Å². The standard InChI is InChI=1S/C13H12N2O6S/c16-13(17)11-3-1-2-4-12(11)14-22(20,21)10-7-5-9(6-8-10)15(18)19/h1-8,14-15,18H,(H,16,17). The minimum atomic E-state index is -4.02. The first-order valence-corrected chi connectivity index (χ1v) is 7.48. The predicted octanol–water partition coefficient (Wildman–Crippen LogP) is 0.589. The zero-order chi connectivity index (χ0) is 16.3. The van der Waals surface area contributed by atoms with Crippen LogP contribution >= 0.6 is 0 Å². The van der Waals surface area contributed by atoms with E-state index < -0.39 is 21.2 Å². The third-order valence-electron chi connectivity index (χ3n) is 2.81. The number of aromatic carboxylic acids is 1. The summed E-state index contributed by atoms with van der Waals surface area (Å²) in [5.74, 6) is -1.26. The second kappa shape index (κ2) is 6.12. The molecule has 2 rings (SSSR count). The van der Waals surface area contributed by atoms with E-state index in [1.165, 1.54) is 24.3 Å². The van der Waals surface area contributed by atoms with Crippen LogP contribution in [0.5, 0.6) is 0 Å². The largest absolute Gasteiger partial charge is 0.595 e. The number of hydrogen-bond acceptors (Lipinski definition) is 5. The highest BCUT2D eigenvalue weighted by molar-refractivity contribution is 7.92. The summed E-state index contributed by atoms with van der Waals surface area (Å²) >= 11 is 0. The van der Waals surface area contributed by atoms with Gasteiger partial charge in [-0.3, -0.25) is 4.72 Å². The highest BCUT2D eigenvalue weighted by atomic mass is 32.2. The molecule has 0 bridgehead atoms. The van der Waals surface area contributed by atoms with E-state index in [0.717, 1.165) is 24.3 Å². The molecule has 0 aliphatic rings. The van der Waals surface area contributed by atoms with E-state index in [2.05, 4.69) is 4.72 Å². The zero-order valence-corrected chi connectivity index (χ0v) is 11.9. The molecule has 0 radical (unpaired) electrons. The topological polar surface area (TPSA) is 131 Å². The van der Waals surface area contributed by atoms with Crippen LogP contribution in [0.1, 0.15) is 10.4 Å². The van der Waals surface area contributed by atoms with Crippen LogP contribution in [0.2, 0.25) is 0 Å². The lowest BCUT2D eigenvalue weighted by molar-refractivity contribution is -0.991. The Morgan fingerprint density at radius 3 is 2.23 bits per heavy atom. The van der Waals surface area contributed by atoms with Crippen LogP contribution in [-0.4, -0.2) is 24.7 Å². The van der Waals surface area contributed by atoms with Gasteiger partial charge in [-0.15, -0.1) is 0 Å². The Morgan fingerprint density at radius 2 is 1.68 bits per heavy atom. The number of sulfonamides is 1. The number of rotatable bonds is 5. The van der Waals surface area contributed by atoms with Crippen LogP contribution < -0.4 is 9.95 Å². The molecule has 116 valence electrons. The Balaban J connectivity index is 2.34. The van der Waals surface area contributed by atoms with Crippen LogP contribution in [0.25, 0.3) is 0 Å². The molecule has 0 amide bonds. The molecule has 4 N–H and O–H groups in total. The van der Waals surface area contributed by atoms with Gasteiger partial charge < -0.3 is 10.3 Å². The zero-order valence-electron chi connectivity index (χ0n) is 11.1. The van der Waals surface area contributed by atoms with E-state index in [1.54, 1.807) is 0 Å². The number of nitrogens with one attached hydrogen (secondary N) is 2. The van der Waals surface area contributed by atoms with Crippen molar-refractivity contribution in [3.8, 4) is 0 Å². The minimum Gasteiger partial charge on any atom is -0.595 e. The van der Waals surface area contributed by atoms with Crippen molar-refractivity contribution in [2.75, 3.05) is 4.72 Å². The smallest absolute Gasteiger partial charge is 0.337 e. The maximum Gasteiger partial charge on any atom is 0.337 e. The number of hydrogen-bond donors (Lipinski definition) is 4. The highest BCUT2D eigenvalue weighted by Crippen LogP contribution is 2.20. The molecular formula is C13H12N2O6S. The Hall–Kier alpha value is -2.46. The second-order valence-electron chi connectivity index (χ2n) is 4.29. The number of anilines is 1. The van der Waals surface area contributed by atoms with Gasteiger partial charge in [-0.05, 0) is 24.3 Å². The first-order valence-electron chi connectivity index (χ1n) is 6.00. The van der Waals surface area contributed by atoms with Crippen LogP contribution in [0.3, 0.4) is 0 Å². The van der Waals surface area contributed by atoms with Gasteiger partial charge in [0.15, 0.2) is 5.69 Å². The molecule has 0 spiro atoms. The van der Waals surface area contributed by atoms with Crippen molar-refractivity contribution >= 4 is 27.4 Å². The fourth-order valence-corrected chi connectivity index (χ4v) is 2.82. The Morgan fingerprint density at radius 1 is 1.09 bits per heavy atom. The molecule has 2 aromatic rings. The number of carboxylic acid groups (broad SMARTS) is 1. The molecule has 0 aliphatic carbocycles. The normalized spacial score (nSPS) is 12.6. The number of para-hydroxylation sites is 1. The number of quaternary nitrogens is 1. The fourth-order valence-electron chi connectivity index (χ4n) is 1.74. The Labute approximate surface area is 125 Å². The molecular weight excluding hydrogens is 312 g/mol. The van der Waals surface area contributed by atoms with Crippen molar-refractivity contribution in [1.82, 2.24) is 0 Å². The predicted molar refractivity (Wildman–Crippen MR) is 76.4 cm³/mol. The summed E-state index contributed by atoms with van der Waals surface area (Å²) in [6.45, 7) is 0. The molecule has 0 fully saturated rings. The van der Waals surface area contributed by atoms with E-state index in [4.69, 9.17) is 10.3 Å². The van der Waals surface area contributed by atoms with Crippen LogP contribution in [-0.2, 0) is 10.0 Å². The Kier molecular flexibility index (Phi) is 4.43. The van der Waals surface area contributed by atoms with Crippen molar-refractivity contribution in [2.24, 2.45) is 0 Å². The van der Waals surface area contributed by atoms with E-state index in [-0.39, 0.29) is 21.8 Å². The summed E-state index contributed by atoms with van der Waals surface area (Å²) in [5.41, 5.74) is -0.310. The SMILES string of the molecule is O=C(O)c1ccccc1NS(=O)(=O)c1ccc([NH+]([O-])O)cc1. The average molecular weight is 324 g/mol. The molecule has 0 saturated carbocycles. The lowest BCUT2D eigenvalue weighted by atomic mass is 10.2. The van der Waals surface area contributed by atoms with Crippen LogP contribution in [0, 0.1) is 5.21 Å². The van der Waals surface area contributed by atoms with Gasteiger partial charge in [-0.2, -0.15) is 5.23 Å². The Bertz CT molecular complexity index is 786. The molecule has 2 aromatic carbocycles. The van der Waals surface area contributed by atoms with Crippen molar-refractivity contribution < 1.29 is 28.8 Å². The molecule has 8 nitrogen and oxygen atoms in total. The van der Waals surface area contributed by atoms with Crippen molar-refractivity contribution in [2.45, 2.75) is 4.90 Å². The summed E-state index contributed by atoms with van der Waals surface area (Å²) in [6.07, 6.45) is 0. The lowest BCUT2D eigenvalue weighted by Gasteiger charge is -2.13. The third kappa shape index (κ3) is 3.40. The summed E-state index contributed by atoms with van der Waals surface area (Å²) in [6, 6.07) is 10.1. The first kappa shape index (κ1) is 15.9. The van der Waals surface area contributed by atoms with Gasteiger partial charge in [-0.1, -0.05) is 12.1 Å². The molecule has 0 saturated heterocycles. The number of benzene rings is 2. The van der Waals surface area contributed by atoms with Gasteiger partial charge in [0.1, 0.15) is 0 Å². The van der Waals surface area contributed by atoms with Crippen molar-refractivity contribution in [3.05, 3.63) is 59.3 Å². The fraction of sp³-hybridized carbons (Fsp3) is 0. The minimum absolute atomic E-state index is 0.0510. The summed E-state index contributed by atoms with van der Waals surface area (Å²) < 4.78 is 26.6. The molecule has 0 aliphatic heterocycles. The first-order chi connectivity index (χ1) is 10.3. The van der Waals surface area contributed by atoms with Gasteiger partial charge in [0.05, 0.1) is 16.1 Å². The highest BCUT2D eigenvalue weighted by Gasteiger charge is 2.18. The maximum absolute atomic E-state index is 12.2. The van der Waals surface area contributed by atoms with Gasteiger partial charge >= 0.3 is 5.97 Å². The molecule has 1 unspecified atom stereocenters. The summed E-state index contributed by atoms with van der Waals surface area (Å²) in [5, 5.41) is 27.4. The number of carbonyl (C=O) groups is 1. The van der Waals surface area contributed by atoms with Gasteiger partial charge in [0.2, 0.25) is 0 Å². The van der Waals surface area contributed by atoms with Gasteiger partial charge in [0, 0.05) is 12.1 Å². The average Bonchev–Trinajstić information content (AvgIpc) is 2.47. The summed E-state index contributed by atoms with van der Waals surface area (Å²) in [4.78, 5) is 10.9. The summed E-state index contributed by atoms with van der Waals surface area (Å²) in [7, 11) is -4.02. The van der Waals surface area contributed by atoms with E-state index >= 15 is 0 Å². The quantitative estimate of drug-likeness (QED) is 0.595. The van der Waals surface area contributed by atoms with Gasteiger partial charge in [0.25, 0.3) is 10.0 Å². The molecule has 22 heavy (non-hydrogen) atoms. The third-order valence-corrected chi connectivity index (χ3v) is 4.19. The monoisotopic (exact) mass is 324 g/mol. The lowest BCUT2D eigenvalue weighted by Crippen LogP contribution is -2.99. The van der Waals surface area contributed by atoms with Crippen LogP contribution in [0.4, 0.5) is 11.4 Å². The van der Waals surface area contributed by atoms with Crippen molar-refractivity contribution in [3.63, 3.8) is 0 Å². The van der Waals surface area contributed by atoms with Crippen molar-refractivity contribution in [1.29, 1.82) is 0 Å². The van der Waals surface area contributed by atoms with Crippen LogP contribution in [0.15, 0.2) is 53.4 Å².